The lowest BCUT2D eigenvalue weighted by Gasteiger charge is -2.25. The SMILES string of the molecule is N=C(N)NCCCC1CC(c2ccc(C[C@H](NC(=O)[C@@H]3CCCN3S(=O)(=O)c3ccccc3)C(=O)O)cc2)=NO1. The first-order chi connectivity index (χ1) is 19.1. The Balaban J connectivity index is 1.34. The number of nitrogens with two attached hydrogens (primary N) is 1. The summed E-state index contributed by atoms with van der Waals surface area (Å²) in [4.78, 5) is 30.7. The van der Waals surface area contributed by atoms with Gasteiger partial charge in [0, 0.05) is 25.9 Å². The zero-order chi connectivity index (χ0) is 28.7. The lowest BCUT2D eigenvalue weighted by Crippen LogP contribution is -2.51. The summed E-state index contributed by atoms with van der Waals surface area (Å²) in [7, 11) is -3.89. The van der Waals surface area contributed by atoms with Gasteiger partial charge in [0.1, 0.15) is 18.2 Å². The molecule has 0 radical (unpaired) electrons. The van der Waals surface area contributed by atoms with Crippen LogP contribution in [0.5, 0.6) is 0 Å². The van der Waals surface area contributed by atoms with Crippen LogP contribution < -0.4 is 16.4 Å². The van der Waals surface area contributed by atoms with E-state index in [9.17, 15) is 23.1 Å². The molecule has 12 nitrogen and oxygen atoms in total. The second-order valence-corrected chi connectivity index (χ2v) is 11.7. The minimum Gasteiger partial charge on any atom is -0.480 e. The highest BCUT2D eigenvalue weighted by Crippen LogP contribution is 2.26. The van der Waals surface area contributed by atoms with Gasteiger partial charge in [-0.25, -0.2) is 13.2 Å². The van der Waals surface area contributed by atoms with Gasteiger partial charge in [0.2, 0.25) is 15.9 Å². The number of nitrogens with one attached hydrogen (secondary N) is 3. The molecule has 214 valence electrons. The van der Waals surface area contributed by atoms with E-state index in [2.05, 4.69) is 15.8 Å². The van der Waals surface area contributed by atoms with Crippen LogP contribution in [-0.4, -0.2) is 72.7 Å². The normalized spacial score (nSPS) is 19.9. The van der Waals surface area contributed by atoms with E-state index in [0.717, 1.165) is 28.4 Å². The quantitative estimate of drug-likeness (QED) is 0.144. The molecule has 0 spiro atoms. The maximum atomic E-state index is 13.1. The molecule has 2 heterocycles. The van der Waals surface area contributed by atoms with Crippen LogP contribution in [0.4, 0.5) is 0 Å². The first-order valence-electron chi connectivity index (χ1n) is 13.1. The summed E-state index contributed by atoms with van der Waals surface area (Å²) in [6, 6.07) is 12.9. The molecule has 1 saturated heterocycles. The van der Waals surface area contributed by atoms with Crippen molar-refractivity contribution in [2.75, 3.05) is 13.1 Å². The fourth-order valence-electron chi connectivity index (χ4n) is 4.86. The molecule has 2 aromatic carbocycles. The van der Waals surface area contributed by atoms with Gasteiger partial charge in [-0.05, 0) is 48.9 Å². The van der Waals surface area contributed by atoms with Crippen LogP contribution in [0.3, 0.4) is 0 Å². The largest absolute Gasteiger partial charge is 0.480 e. The Morgan fingerprint density at radius 3 is 2.58 bits per heavy atom. The molecule has 2 aromatic rings. The molecule has 1 unspecified atom stereocenters. The summed E-state index contributed by atoms with van der Waals surface area (Å²) in [5.41, 5.74) is 7.63. The van der Waals surface area contributed by atoms with E-state index in [1.165, 1.54) is 12.1 Å². The number of amides is 1. The Morgan fingerprint density at radius 1 is 1.18 bits per heavy atom. The zero-order valence-electron chi connectivity index (χ0n) is 22.0. The second-order valence-electron chi connectivity index (χ2n) is 9.84. The van der Waals surface area contributed by atoms with Crippen molar-refractivity contribution in [1.82, 2.24) is 14.9 Å². The molecular weight excluding hydrogens is 536 g/mol. The molecule has 0 saturated carbocycles. The van der Waals surface area contributed by atoms with Crippen molar-refractivity contribution in [3.63, 3.8) is 0 Å². The number of guanidine groups is 1. The lowest BCUT2D eigenvalue weighted by atomic mass is 9.99. The van der Waals surface area contributed by atoms with Gasteiger partial charge in [-0.1, -0.05) is 47.6 Å². The zero-order valence-corrected chi connectivity index (χ0v) is 22.8. The Labute approximate surface area is 233 Å². The van der Waals surface area contributed by atoms with E-state index < -0.39 is 34.0 Å². The average molecular weight is 571 g/mol. The molecule has 2 aliphatic heterocycles. The van der Waals surface area contributed by atoms with E-state index in [-0.39, 0.29) is 29.9 Å². The third-order valence-corrected chi connectivity index (χ3v) is 8.87. The van der Waals surface area contributed by atoms with E-state index in [0.29, 0.717) is 31.4 Å². The summed E-state index contributed by atoms with van der Waals surface area (Å²) in [5, 5.41) is 26.5. The Morgan fingerprint density at radius 2 is 1.90 bits per heavy atom. The minimum absolute atomic E-state index is 0.0360. The van der Waals surface area contributed by atoms with Crippen LogP contribution >= 0.6 is 0 Å². The summed E-state index contributed by atoms with van der Waals surface area (Å²) in [6.07, 6.45) is 2.98. The van der Waals surface area contributed by atoms with Gasteiger partial charge in [-0.3, -0.25) is 10.2 Å². The molecular formula is C27H34N6O6S. The van der Waals surface area contributed by atoms with Gasteiger partial charge >= 0.3 is 5.97 Å². The molecule has 40 heavy (non-hydrogen) atoms. The predicted octanol–water partition coefficient (Wildman–Crippen LogP) is 1.41. The van der Waals surface area contributed by atoms with Crippen LogP contribution in [0.15, 0.2) is 64.6 Å². The maximum Gasteiger partial charge on any atom is 0.326 e. The molecule has 3 atom stereocenters. The van der Waals surface area contributed by atoms with Crippen LogP contribution in [0.25, 0.3) is 0 Å². The third kappa shape index (κ3) is 7.16. The first-order valence-corrected chi connectivity index (χ1v) is 14.6. The molecule has 0 bridgehead atoms. The van der Waals surface area contributed by atoms with Gasteiger partial charge in [0.15, 0.2) is 5.96 Å². The van der Waals surface area contributed by atoms with Crippen molar-refractivity contribution in [1.29, 1.82) is 5.41 Å². The number of sulfonamides is 1. The highest BCUT2D eigenvalue weighted by molar-refractivity contribution is 7.89. The smallest absolute Gasteiger partial charge is 0.326 e. The standard InChI is InChI=1S/C27H34N6O6S/c28-27(29)30-14-4-6-20-17-22(32-39-20)19-12-10-18(11-13-19)16-23(26(35)36)31-25(34)24-9-5-15-33(24)40(37,38)21-7-2-1-3-8-21/h1-3,7-8,10-13,20,23-24H,4-6,9,14-17H2,(H,31,34)(H,35,36)(H4,28,29,30)/t20?,23-,24-/m0/s1. The fourth-order valence-corrected chi connectivity index (χ4v) is 6.54. The highest BCUT2D eigenvalue weighted by atomic mass is 32.2. The van der Waals surface area contributed by atoms with Crippen molar-refractivity contribution in [2.45, 2.75) is 61.6 Å². The molecule has 6 N–H and O–H groups in total. The number of nitrogens with zero attached hydrogens (tertiary/aromatic N) is 2. The van der Waals surface area contributed by atoms with Gasteiger partial charge in [0.25, 0.3) is 0 Å². The predicted molar refractivity (Wildman–Crippen MR) is 148 cm³/mol. The number of benzene rings is 2. The minimum atomic E-state index is -3.89. The molecule has 1 amide bonds. The number of rotatable bonds is 12. The van der Waals surface area contributed by atoms with E-state index in [1.54, 1.807) is 30.3 Å². The summed E-state index contributed by atoms with van der Waals surface area (Å²) >= 11 is 0. The highest BCUT2D eigenvalue weighted by Gasteiger charge is 2.40. The van der Waals surface area contributed by atoms with Crippen LogP contribution in [0.2, 0.25) is 0 Å². The maximum absolute atomic E-state index is 13.1. The number of carbonyl (C=O) groups excluding carboxylic acids is 1. The van der Waals surface area contributed by atoms with Gasteiger partial charge in [-0.2, -0.15) is 4.31 Å². The van der Waals surface area contributed by atoms with Gasteiger partial charge in [0.05, 0.1) is 10.6 Å². The third-order valence-electron chi connectivity index (χ3n) is 6.95. The molecule has 1 fully saturated rings. The molecule has 0 aromatic heterocycles. The number of hydrogen-bond acceptors (Lipinski definition) is 7. The Bertz CT molecular complexity index is 1350. The van der Waals surface area contributed by atoms with Crippen LogP contribution in [0, 0.1) is 5.41 Å². The molecule has 4 rings (SSSR count). The van der Waals surface area contributed by atoms with Crippen molar-refractivity contribution in [2.24, 2.45) is 10.9 Å². The Kier molecular flexibility index (Phi) is 9.38. The molecule has 13 heteroatoms. The first kappa shape index (κ1) is 29.0. The van der Waals surface area contributed by atoms with Crippen LogP contribution in [-0.2, 0) is 30.9 Å². The summed E-state index contributed by atoms with van der Waals surface area (Å²) in [5.74, 6) is -1.89. The summed E-state index contributed by atoms with van der Waals surface area (Å²) < 4.78 is 27.4. The molecule has 2 aliphatic rings. The average Bonchev–Trinajstić information content (AvgIpc) is 3.62. The van der Waals surface area contributed by atoms with Crippen molar-refractivity contribution < 1.29 is 28.0 Å². The number of aliphatic carboxylic acids is 1. The fraction of sp³-hybridized carbons (Fsp3) is 0.407. The van der Waals surface area contributed by atoms with E-state index in [4.69, 9.17) is 16.0 Å². The molecule has 0 aliphatic carbocycles. The number of carboxylic acids is 1. The second kappa shape index (κ2) is 12.9. The van der Waals surface area contributed by atoms with Crippen LogP contribution in [0.1, 0.15) is 43.2 Å². The number of hydrogen-bond donors (Lipinski definition) is 5. The number of carboxylic acid groups (broad SMARTS) is 1. The number of carbonyl (C=O) groups is 2. The number of oxime groups is 1. The van der Waals surface area contributed by atoms with Crippen molar-refractivity contribution in [3.05, 3.63) is 65.7 Å². The lowest BCUT2D eigenvalue weighted by molar-refractivity contribution is -0.142. The van der Waals surface area contributed by atoms with Crippen molar-refractivity contribution >= 4 is 33.6 Å². The van der Waals surface area contributed by atoms with Gasteiger partial charge < -0.3 is 26.3 Å². The topological polar surface area (TPSA) is 187 Å². The van der Waals surface area contributed by atoms with Gasteiger partial charge in [-0.15, -0.1) is 0 Å². The van der Waals surface area contributed by atoms with E-state index in [1.807, 2.05) is 12.1 Å². The Hall–Kier alpha value is -3.97. The monoisotopic (exact) mass is 570 g/mol. The van der Waals surface area contributed by atoms with Crippen molar-refractivity contribution in [3.8, 4) is 0 Å². The van der Waals surface area contributed by atoms with E-state index >= 15 is 0 Å². The summed E-state index contributed by atoms with van der Waals surface area (Å²) in [6.45, 7) is 0.778.